The molecule has 0 aliphatic heterocycles. The molecule has 21 heavy (non-hydrogen) atoms. The van der Waals surface area contributed by atoms with Gasteiger partial charge in [0.15, 0.2) is 0 Å². The van der Waals surface area contributed by atoms with Crippen LogP contribution in [0.2, 0.25) is 4.34 Å². The third-order valence-electron chi connectivity index (χ3n) is 2.88. The third-order valence-corrected chi connectivity index (χ3v) is 4.11. The SMILES string of the molecule is Cc1ccc(C(=O)NCc2ccc(Cl)s2)cc1C#CCN. The lowest BCUT2D eigenvalue weighted by atomic mass is 10.0. The Morgan fingerprint density at radius 1 is 1.38 bits per heavy atom. The van der Waals surface area contributed by atoms with Gasteiger partial charge in [-0.2, -0.15) is 0 Å². The van der Waals surface area contributed by atoms with E-state index in [1.807, 2.05) is 25.1 Å². The predicted molar refractivity (Wildman–Crippen MR) is 87.6 cm³/mol. The van der Waals surface area contributed by atoms with Crippen molar-refractivity contribution in [1.29, 1.82) is 0 Å². The van der Waals surface area contributed by atoms with E-state index in [2.05, 4.69) is 17.2 Å². The van der Waals surface area contributed by atoms with E-state index in [-0.39, 0.29) is 5.91 Å². The quantitative estimate of drug-likeness (QED) is 0.855. The number of rotatable bonds is 3. The molecule has 1 aromatic heterocycles. The number of halogens is 1. The normalized spacial score (nSPS) is 9.86. The average molecular weight is 319 g/mol. The third kappa shape index (κ3) is 4.33. The second kappa shape index (κ2) is 7.28. The van der Waals surface area contributed by atoms with Crippen LogP contribution < -0.4 is 11.1 Å². The minimum absolute atomic E-state index is 0.129. The molecule has 108 valence electrons. The Labute approximate surface area is 133 Å². The molecule has 0 saturated carbocycles. The van der Waals surface area contributed by atoms with Crippen molar-refractivity contribution >= 4 is 28.8 Å². The van der Waals surface area contributed by atoms with Gasteiger partial charge in [-0.15, -0.1) is 11.3 Å². The van der Waals surface area contributed by atoms with Crippen LogP contribution in [0.5, 0.6) is 0 Å². The molecule has 0 aliphatic carbocycles. The van der Waals surface area contributed by atoms with Gasteiger partial charge < -0.3 is 11.1 Å². The van der Waals surface area contributed by atoms with Crippen LogP contribution in [0.15, 0.2) is 30.3 Å². The van der Waals surface area contributed by atoms with Crippen molar-refractivity contribution in [2.75, 3.05) is 6.54 Å². The zero-order chi connectivity index (χ0) is 15.2. The number of hydrogen-bond donors (Lipinski definition) is 2. The van der Waals surface area contributed by atoms with E-state index in [0.717, 1.165) is 16.0 Å². The van der Waals surface area contributed by atoms with E-state index in [0.29, 0.717) is 23.0 Å². The first-order chi connectivity index (χ1) is 10.1. The fourth-order valence-corrected chi connectivity index (χ4v) is 2.79. The molecule has 0 atom stereocenters. The Bertz CT molecular complexity index is 713. The molecule has 1 aromatic carbocycles. The van der Waals surface area contributed by atoms with E-state index in [1.54, 1.807) is 12.1 Å². The van der Waals surface area contributed by atoms with Gasteiger partial charge >= 0.3 is 0 Å². The van der Waals surface area contributed by atoms with E-state index in [4.69, 9.17) is 17.3 Å². The maximum Gasteiger partial charge on any atom is 0.251 e. The molecule has 0 aliphatic rings. The fraction of sp³-hybridized carbons (Fsp3) is 0.188. The van der Waals surface area contributed by atoms with Gasteiger partial charge in [-0.3, -0.25) is 4.79 Å². The number of hydrogen-bond acceptors (Lipinski definition) is 3. The van der Waals surface area contributed by atoms with Crippen molar-refractivity contribution in [2.24, 2.45) is 5.73 Å². The largest absolute Gasteiger partial charge is 0.347 e. The van der Waals surface area contributed by atoms with Gasteiger partial charge in [0.1, 0.15) is 0 Å². The highest BCUT2D eigenvalue weighted by Gasteiger charge is 2.08. The highest BCUT2D eigenvalue weighted by atomic mass is 35.5. The number of nitrogens with two attached hydrogens (primary N) is 1. The summed E-state index contributed by atoms with van der Waals surface area (Å²) in [4.78, 5) is 13.2. The Kier molecular flexibility index (Phi) is 5.40. The lowest BCUT2D eigenvalue weighted by molar-refractivity contribution is 0.0951. The second-order valence-corrected chi connectivity index (χ2v) is 6.22. The number of carbonyl (C=O) groups excluding carboxylic acids is 1. The zero-order valence-electron chi connectivity index (χ0n) is 11.6. The number of amides is 1. The van der Waals surface area contributed by atoms with Crippen molar-refractivity contribution < 1.29 is 4.79 Å². The summed E-state index contributed by atoms with van der Waals surface area (Å²) in [5.41, 5.74) is 7.82. The number of carbonyl (C=O) groups is 1. The summed E-state index contributed by atoms with van der Waals surface area (Å²) in [7, 11) is 0. The number of benzene rings is 1. The van der Waals surface area contributed by atoms with Gasteiger partial charge in [-0.25, -0.2) is 0 Å². The maximum absolute atomic E-state index is 12.1. The first-order valence-corrected chi connectivity index (χ1v) is 7.61. The van der Waals surface area contributed by atoms with Crippen LogP contribution in [0.3, 0.4) is 0 Å². The molecule has 2 aromatic rings. The Hall–Kier alpha value is -1.80. The van der Waals surface area contributed by atoms with Crippen molar-refractivity contribution in [1.82, 2.24) is 5.32 Å². The van der Waals surface area contributed by atoms with Crippen molar-refractivity contribution in [3.05, 3.63) is 56.2 Å². The van der Waals surface area contributed by atoms with Crippen LogP contribution >= 0.6 is 22.9 Å². The van der Waals surface area contributed by atoms with Gasteiger partial charge in [0, 0.05) is 16.0 Å². The number of thiophene rings is 1. The first-order valence-electron chi connectivity index (χ1n) is 6.42. The van der Waals surface area contributed by atoms with Gasteiger partial charge in [0.05, 0.1) is 17.4 Å². The first kappa shape index (κ1) is 15.6. The predicted octanol–water partition coefficient (Wildman–Crippen LogP) is 2.95. The Morgan fingerprint density at radius 2 is 2.19 bits per heavy atom. The summed E-state index contributed by atoms with van der Waals surface area (Å²) >= 11 is 7.32. The molecule has 0 bridgehead atoms. The minimum atomic E-state index is -0.129. The molecule has 0 saturated heterocycles. The number of aryl methyl sites for hydroxylation is 1. The molecule has 1 heterocycles. The molecule has 3 nitrogen and oxygen atoms in total. The van der Waals surface area contributed by atoms with Gasteiger partial charge in [-0.1, -0.05) is 29.5 Å². The highest BCUT2D eigenvalue weighted by molar-refractivity contribution is 7.16. The van der Waals surface area contributed by atoms with Crippen LogP contribution in [0.25, 0.3) is 0 Å². The van der Waals surface area contributed by atoms with E-state index in [1.165, 1.54) is 11.3 Å². The van der Waals surface area contributed by atoms with Gasteiger partial charge in [0.2, 0.25) is 0 Å². The van der Waals surface area contributed by atoms with Crippen molar-refractivity contribution in [2.45, 2.75) is 13.5 Å². The van der Waals surface area contributed by atoms with E-state index < -0.39 is 0 Å². The zero-order valence-corrected chi connectivity index (χ0v) is 13.1. The van der Waals surface area contributed by atoms with E-state index >= 15 is 0 Å². The lowest BCUT2D eigenvalue weighted by Crippen LogP contribution is -2.22. The molecule has 5 heteroatoms. The summed E-state index contributed by atoms with van der Waals surface area (Å²) in [6.45, 7) is 2.72. The summed E-state index contributed by atoms with van der Waals surface area (Å²) in [5, 5.41) is 2.87. The summed E-state index contributed by atoms with van der Waals surface area (Å²) in [6, 6.07) is 9.19. The van der Waals surface area contributed by atoms with Gasteiger partial charge in [0.25, 0.3) is 5.91 Å². The van der Waals surface area contributed by atoms with Crippen LogP contribution in [0.4, 0.5) is 0 Å². The van der Waals surface area contributed by atoms with Crippen molar-refractivity contribution in [3.8, 4) is 11.8 Å². The topological polar surface area (TPSA) is 55.1 Å². The van der Waals surface area contributed by atoms with Crippen LogP contribution in [0, 0.1) is 18.8 Å². The van der Waals surface area contributed by atoms with Crippen LogP contribution in [0.1, 0.15) is 26.4 Å². The Morgan fingerprint density at radius 3 is 2.86 bits per heavy atom. The monoisotopic (exact) mass is 318 g/mol. The fourth-order valence-electron chi connectivity index (χ4n) is 1.76. The Balaban J connectivity index is 2.08. The smallest absolute Gasteiger partial charge is 0.251 e. The molecule has 0 fully saturated rings. The highest BCUT2D eigenvalue weighted by Crippen LogP contribution is 2.21. The molecule has 0 radical (unpaired) electrons. The molecule has 0 spiro atoms. The second-order valence-electron chi connectivity index (χ2n) is 4.42. The number of nitrogens with one attached hydrogen (secondary N) is 1. The maximum atomic E-state index is 12.1. The standard InChI is InChI=1S/C16H15ClN2OS/c1-11-4-5-13(9-12(11)3-2-8-18)16(20)19-10-14-6-7-15(17)21-14/h4-7,9H,8,10,18H2,1H3,(H,19,20). The van der Waals surface area contributed by atoms with Crippen molar-refractivity contribution in [3.63, 3.8) is 0 Å². The lowest BCUT2D eigenvalue weighted by Gasteiger charge is -2.06. The van der Waals surface area contributed by atoms with Crippen LogP contribution in [-0.2, 0) is 6.54 Å². The molecule has 0 unspecified atom stereocenters. The summed E-state index contributed by atoms with van der Waals surface area (Å²) in [6.07, 6.45) is 0. The van der Waals surface area contributed by atoms with Crippen LogP contribution in [-0.4, -0.2) is 12.5 Å². The van der Waals surface area contributed by atoms with Gasteiger partial charge in [-0.05, 0) is 36.8 Å². The minimum Gasteiger partial charge on any atom is -0.347 e. The molecular weight excluding hydrogens is 304 g/mol. The molecule has 3 N–H and O–H groups in total. The molecule has 1 amide bonds. The summed E-state index contributed by atoms with van der Waals surface area (Å²) < 4.78 is 0.717. The average Bonchev–Trinajstić information content (AvgIpc) is 2.89. The molecule has 2 rings (SSSR count). The summed E-state index contributed by atoms with van der Waals surface area (Å²) in [5.74, 6) is 5.65. The molecular formula is C16H15ClN2OS. The van der Waals surface area contributed by atoms with E-state index in [9.17, 15) is 4.79 Å².